The van der Waals surface area contributed by atoms with Gasteiger partial charge in [-0.3, -0.25) is 14.4 Å². The van der Waals surface area contributed by atoms with Gasteiger partial charge in [0, 0.05) is 17.8 Å². The largest absolute Gasteiger partial charge is 0.458 e. The smallest absolute Gasteiger partial charge is 0.303 e. The van der Waals surface area contributed by atoms with Gasteiger partial charge in [0.25, 0.3) is 0 Å². The van der Waals surface area contributed by atoms with Gasteiger partial charge in [0.1, 0.15) is 5.60 Å². The molecule has 5 nitrogen and oxygen atoms in total. The summed E-state index contributed by atoms with van der Waals surface area (Å²) in [5.74, 6) is -0.146. The lowest BCUT2D eigenvalue weighted by Crippen LogP contribution is -2.56. The van der Waals surface area contributed by atoms with Crippen LogP contribution in [0.2, 0.25) is 0 Å². The van der Waals surface area contributed by atoms with Crippen molar-refractivity contribution < 1.29 is 24.2 Å². The number of ketones is 2. The molecule has 1 N–H and O–H groups in total. The Labute approximate surface area is 171 Å². The average Bonchev–Trinajstić information content (AvgIpc) is 2.94. The highest BCUT2D eigenvalue weighted by atomic mass is 16.5. The first-order chi connectivity index (χ1) is 13.5. The van der Waals surface area contributed by atoms with Crippen molar-refractivity contribution in [2.45, 2.75) is 59.0 Å². The summed E-state index contributed by atoms with van der Waals surface area (Å²) < 4.78 is 4.91. The predicted molar refractivity (Wildman–Crippen MR) is 108 cm³/mol. The van der Waals surface area contributed by atoms with Gasteiger partial charge in [-0.15, -0.1) is 0 Å². The maximum atomic E-state index is 12.9. The van der Waals surface area contributed by atoms with Gasteiger partial charge in [-0.05, 0) is 68.1 Å². The number of carbonyl (C=O) groups is 3. The second-order valence-corrected chi connectivity index (χ2v) is 9.77. The number of aliphatic hydroxyl groups is 1. The molecule has 0 heterocycles. The summed E-state index contributed by atoms with van der Waals surface area (Å²) in [6, 6.07) is 0. The third-order valence-electron chi connectivity index (χ3n) is 8.30. The number of rotatable bonds is 3. The van der Waals surface area contributed by atoms with Crippen LogP contribution in [0.25, 0.3) is 0 Å². The zero-order chi connectivity index (χ0) is 21.2. The van der Waals surface area contributed by atoms with Crippen LogP contribution in [0.3, 0.4) is 0 Å². The molecule has 0 radical (unpaired) electrons. The van der Waals surface area contributed by atoms with Crippen LogP contribution >= 0.6 is 0 Å². The van der Waals surface area contributed by atoms with Crippen LogP contribution in [0.1, 0.15) is 53.4 Å². The molecule has 156 valence electrons. The summed E-state index contributed by atoms with van der Waals surface area (Å²) in [6.07, 6.45) is 10.4. The first-order valence-corrected chi connectivity index (χ1v) is 10.6. The molecule has 5 heteroatoms. The number of fused-ring (bicyclic) bond motifs is 5. The van der Waals surface area contributed by atoms with Crippen molar-refractivity contribution in [2.24, 2.45) is 28.6 Å². The molecule has 29 heavy (non-hydrogen) atoms. The van der Waals surface area contributed by atoms with E-state index in [9.17, 15) is 19.5 Å². The Kier molecular flexibility index (Phi) is 4.54. The van der Waals surface area contributed by atoms with Gasteiger partial charge >= 0.3 is 5.97 Å². The molecule has 0 saturated heterocycles. The molecule has 0 unspecified atom stereocenters. The molecule has 4 aliphatic carbocycles. The molecule has 2 saturated carbocycles. The Bertz CT molecular complexity index is 880. The summed E-state index contributed by atoms with van der Waals surface area (Å²) >= 11 is 0. The van der Waals surface area contributed by atoms with Crippen molar-refractivity contribution in [3.05, 3.63) is 35.5 Å². The fraction of sp³-hybridized carbons (Fsp3) is 0.625. The maximum absolute atomic E-state index is 12.9. The zero-order valence-corrected chi connectivity index (χ0v) is 17.7. The SMILES string of the molecule is CC(=O)OCC(=O)[C@]1(O)CC[C@@H]2[C@@H]3C[C@H](C)C4=CC(=O)C=C[C@@]4(C)C3=CC[C@@]21C. The lowest BCUT2D eigenvalue weighted by Gasteiger charge is -2.55. The number of hydrogen-bond donors (Lipinski definition) is 1. The molecule has 0 bridgehead atoms. The van der Waals surface area contributed by atoms with E-state index in [1.165, 1.54) is 18.1 Å². The average molecular weight is 398 g/mol. The van der Waals surface area contributed by atoms with Gasteiger partial charge in [-0.25, -0.2) is 0 Å². The molecular weight excluding hydrogens is 368 g/mol. The fourth-order valence-electron chi connectivity index (χ4n) is 6.68. The van der Waals surface area contributed by atoms with Crippen LogP contribution in [0.5, 0.6) is 0 Å². The Hall–Kier alpha value is -2.01. The molecule has 6 atom stereocenters. The summed E-state index contributed by atoms with van der Waals surface area (Å²) in [7, 11) is 0. The second-order valence-electron chi connectivity index (χ2n) is 9.77. The number of allylic oxidation sites excluding steroid dienone is 6. The van der Waals surface area contributed by atoms with Gasteiger partial charge in [0.2, 0.25) is 5.78 Å². The third kappa shape index (κ3) is 2.73. The molecule has 0 amide bonds. The van der Waals surface area contributed by atoms with Crippen LogP contribution in [0.15, 0.2) is 35.5 Å². The number of Topliss-reactive ketones (excluding diaryl/α,β-unsaturated/α-hetero) is 1. The van der Waals surface area contributed by atoms with Crippen molar-refractivity contribution in [2.75, 3.05) is 6.61 Å². The molecule has 4 rings (SSSR count). The normalized spacial score (nSPS) is 42.9. The van der Waals surface area contributed by atoms with Gasteiger partial charge in [-0.1, -0.05) is 31.6 Å². The molecular formula is C24H30O5. The van der Waals surface area contributed by atoms with Gasteiger partial charge in [-0.2, -0.15) is 0 Å². The van der Waals surface area contributed by atoms with Crippen LogP contribution in [-0.4, -0.2) is 34.9 Å². The highest BCUT2D eigenvalue weighted by molar-refractivity contribution is 6.01. The quantitative estimate of drug-likeness (QED) is 0.583. The number of hydrogen-bond acceptors (Lipinski definition) is 5. The van der Waals surface area contributed by atoms with E-state index in [1.807, 2.05) is 13.0 Å². The minimum Gasteiger partial charge on any atom is -0.458 e. The van der Waals surface area contributed by atoms with Crippen molar-refractivity contribution in [3.63, 3.8) is 0 Å². The van der Waals surface area contributed by atoms with E-state index >= 15 is 0 Å². The summed E-state index contributed by atoms with van der Waals surface area (Å²) in [4.78, 5) is 36.0. The van der Waals surface area contributed by atoms with Crippen LogP contribution < -0.4 is 0 Å². The second kappa shape index (κ2) is 6.49. The highest BCUT2D eigenvalue weighted by Gasteiger charge is 2.64. The standard InChI is InChI=1S/C24H30O5/c1-14-11-17-18(22(3)8-5-16(26)12-20(14)22)6-9-23(4)19(17)7-10-24(23,28)21(27)13-29-15(2)25/h5-6,8,12,14,17,19,28H,7,9-11,13H2,1-4H3/t14-,17+,19+,22-,23-,24+/m0/s1. The van der Waals surface area contributed by atoms with Crippen LogP contribution in [-0.2, 0) is 19.1 Å². The number of esters is 1. The predicted octanol–water partition coefficient (Wildman–Crippen LogP) is 3.32. The van der Waals surface area contributed by atoms with Crippen molar-refractivity contribution in [3.8, 4) is 0 Å². The number of ether oxygens (including phenoxy) is 1. The van der Waals surface area contributed by atoms with Crippen molar-refractivity contribution in [1.29, 1.82) is 0 Å². The molecule has 0 aliphatic heterocycles. The molecule has 0 aromatic heterocycles. The lowest BCUT2D eigenvalue weighted by molar-refractivity contribution is -0.162. The molecule has 0 aromatic carbocycles. The minimum absolute atomic E-state index is 0.0512. The maximum Gasteiger partial charge on any atom is 0.303 e. The van der Waals surface area contributed by atoms with Gasteiger partial charge in [0.15, 0.2) is 12.4 Å². The molecule has 0 spiro atoms. The topological polar surface area (TPSA) is 80.7 Å². The molecule has 2 fully saturated rings. The van der Waals surface area contributed by atoms with E-state index in [0.29, 0.717) is 12.8 Å². The summed E-state index contributed by atoms with van der Waals surface area (Å²) in [6.45, 7) is 7.27. The minimum atomic E-state index is -1.48. The third-order valence-corrected chi connectivity index (χ3v) is 8.30. The molecule has 4 aliphatic rings. The first kappa shape index (κ1) is 20.3. The summed E-state index contributed by atoms with van der Waals surface area (Å²) in [5.41, 5.74) is 0.178. The fourth-order valence-corrected chi connectivity index (χ4v) is 6.68. The van der Waals surface area contributed by atoms with Crippen molar-refractivity contribution in [1.82, 2.24) is 0 Å². The van der Waals surface area contributed by atoms with E-state index in [2.05, 4.69) is 19.9 Å². The van der Waals surface area contributed by atoms with Crippen LogP contribution in [0, 0.1) is 28.6 Å². The van der Waals surface area contributed by atoms with E-state index in [1.54, 1.807) is 12.2 Å². The van der Waals surface area contributed by atoms with Crippen molar-refractivity contribution >= 4 is 17.5 Å². The number of carbonyl (C=O) groups excluding carboxylic acids is 3. The first-order valence-electron chi connectivity index (χ1n) is 10.6. The zero-order valence-electron chi connectivity index (χ0n) is 17.7. The molecule has 0 aromatic rings. The monoisotopic (exact) mass is 398 g/mol. The lowest BCUT2D eigenvalue weighted by atomic mass is 9.49. The summed E-state index contributed by atoms with van der Waals surface area (Å²) in [5, 5.41) is 11.5. The van der Waals surface area contributed by atoms with E-state index in [0.717, 1.165) is 12.8 Å². The Morgan fingerprint density at radius 3 is 2.69 bits per heavy atom. The van der Waals surface area contributed by atoms with E-state index < -0.39 is 22.8 Å². The van der Waals surface area contributed by atoms with Crippen LogP contribution in [0.4, 0.5) is 0 Å². The van der Waals surface area contributed by atoms with Gasteiger partial charge in [0.05, 0.1) is 0 Å². The van der Waals surface area contributed by atoms with E-state index in [-0.39, 0.29) is 35.6 Å². The Balaban J connectivity index is 1.70. The van der Waals surface area contributed by atoms with Gasteiger partial charge < -0.3 is 9.84 Å². The Morgan fingerprint density at radius 1 is 1.28 bits per heavy atom. The van der Waals surface area contributed by atoms with E-state index in [4.69, 9.17) is 4.74 Å². The highest BCUT2D eigenvalue weighted by Crippen LogP contribution is 2.65. The Morgan fingerprint density at radius 2 is 2.00 bits per heavy atom.